The lowest BCUT2D eigenvalue weighted by Crippen LogP contribution is -2.20. The van der Waals surface area contributed by atoms with Gasteiger partial charge in [-0.3, -0.25) is 0 Å². The van der Waals surface area contributed by atoms with E-state index in [0.717, 1.165) is 12.0 Å². The molecule has 0 aliphatic heterocycles. The second-order valence-electron chi connectivity index (χ2n) is 3.95. The standard InChI is InChI=1S/C12H17ClFNO/c1-8(5-6-16-2)12(15)10-4-3-9(14)7-11(10)13/h3-4,7-8,12H,5-6,15H2,1-2H3. The van der Waals surface area contributed by atoms with E-state index in [1.54, 1.807) is 13.2 Å². The van der Waals surface area contributed by atoms with Gasteiger partial charge < -0.3 is 10.5 Å². The highest BCUT2D eigenvalue weighted by Gasteiger charge is 2.17. The Kier molecular flexibility index (Phi) is 5.19. The van der Waals surface area contributed by atoms with Crippen molar-refractivity contribution >= 4 is 11.6 Å². The third-order valence-electron chi connectivity index (χ3n) is 2.71. The van der Waals surface area contributed by atoms with Gasteiger partial charge in [0.05, 0.1) is 0 Å². The summed E-state index contributed by atoms with van der Waals surface area (Å²) in [7, 11) is 1.66. The fraction of sp³-hybridized carbons (Fsp3) is 0.500. The van der Waals surface area contributed by atoms with Crippen LogP contribution in [0.25, 0.3) is 0 Å². The zero-order chi connectivity index (χ0) is 12.1. The third-order valence-corrected chi connectivity index (χ3v) is 3.04. The Hall–Kier alpha value is -0.640. The largest absolute Gasteiger partial charge is 0.385 e. The highest BCUT2D eigenvalue weighted by Crippen LogP contribution is 2.28. The van der Waals surface area contributed by atoms with Crippen LogP contribution in [0.1, 0.15) is 24.9 Å². The molecule has 1 aromatic rings. The van der Waals surface area contributed by atoms with Crippen molar-refractivity contribution in [2.24, 2.45) is 11.7 Å². The van der Waals surface area contributed by atoms with Crippen molar-refractivity contribution in [2.45, 2.75) is 19.4 Å². The van der Waals surface area contributed by atoms with E-state index >= 15 is 0 Å². The Morgan fingerprint density at radius 1 is 1.50 bits per heavy atom. The number of rotatable bonds is 5. The Labute approximate surface area is 101 Å². The summed E-state index contributed by atoms with van der Waals surface area (Å²) in [5, 5.41) is 0.386. The molecule has 4 heteroatoms. The first-order chi connectivity index (χ1) is 7.56. The van der Waals surface area contributed by atoms with Crippen molar-refractivity contribution in [3.05, 3.63) is 34.6 Å². The highest BCUT2D eigenvalue weighted by atomic mass is 35.5. The molecular weight excluding hydrogens is 229 g/mol. The average molecular weight is 246 g/mol. The smallest absolute Gasteiger partial charge is 0.124 e. The van der Waals surface area contributed by atoms with Crippen molar-refractivity contribution in [1.29, 1.82) is 0 Å². The van der Waals surface area contributed by atoms with Crippen LogP contribution in [-0.2, 0) is 4.74 Å². The molecule has 2 unspecified atom stereocenters. The summed E-state index contributed by atoms with van der Waals surface area (Å²) in [6.07, 6.45) is 0.853. The monoisotopic (exact) mass is 245 g/mol. The van der Waals surface area contributed by atoms with Crippen LogP contribution < -0.4 is 5.73 Å². The summed E-state index contributed by atoms with van der Waals surface area (Å²) in [5.74, 6) is -0.103. The van der Waals surface area contributed by atoms with Crippen LogP contribution in [0.2, 0.25) is 5.02 Å². The van der Waals surface area contributed by atoms with E-state index < -0.39 is 0 Å². The first-order valence-electron chi connectivity index (χ1n) is 5.25. The van der Waals surface area contributed by atoms with E-state index in [1.165, 1.54) is 12.1 Å². The van der Waals surface area contributed by atoms with Crippen LogP contribution >= 0.6 is 11.6 Å². The zero-order valence-electron chi connectivity index (χ0n) is 9.54. The molecule has 2 N–H and O–H groups in total. The number of benzene rings is 1. The average Bonchev–Trinajstić information content (AvgIpc) is 2.25. The fourth-order valence-electron chi connectivity index (χ4n) is 1.56. The number of nitrogens with two attached hydrogens (primary N) is 1. The number of ether oxygens (including phenoxy) is 1. The van der Waals surface area contributed by atoms with Gasteiger partial charge in [0.25, 0.3) is 0 Å². The fourth-order valence-corrected chi connectivity index (χ4v) is 1.85. The van der Waals surface area contributed by atoms with Gasteiger partial charge in [0, 0.05) is 24.8 Å². The van der Waals surface area contributed by atoms with Gasteiger partial charge in [-0.25, -0.2) is 4.39 Å². The third kappa shape index (κ3) is 3.44. The first-order valence-corrected chi connectivity index (χ1v) is 5.63. The maximum atomic E-state index is 12.9. The molecule has 2 nitrogen and oxygen atoms in total. The minimum absolute atomic E-state index is 0.191. The Bertz CT molecular complexity index is 346. The molecule has 0 fully saturated rings. The molecular formula is C12H17ClFNO. The van der Waals surface area contributed by atoms with E-state index in [9.17, 15) is 4.39 Å². The molecule has 0 heterocycles. The molecule has 0 saturated carbocycles. The van der Waals surface area contributed by atoms with Crippen molar-refractivity contribution in [3.8, 4) is 0 Å². The van der Waals surface area contributed by atoms with Crippen molar-refractivity contribution < 1.29 is 9.13 Å². The van der Waals surface area contributed by atoms with Crippen LogP contribution in [0, 0.1) is 11.7 Å². The van der Waals surface area contributed by atoms with Crippen LogP contribution in [0.5, 0.6) is 0 Å². The Morgan fingerprint density at radius 3 is 2.75 bits per heavy atom. The minimum atomic E-state index is -0.342. The molecule has 0 aromatic heterocycles. The van der Waals surface area contributed by atoms with E-state index in [1.807, 2.05) is 6.92 Å². The van der Waals surface area contributed by atoms with Gasteiger partial charge in [0.2, 0.25) is 0 Å². The quantitative estimate of drug-likeness (QED) is 0.865. The molecule has 16 heavy (non-hydrogen) atoms. The van der Waals surface area contributed by atoms with Crippen LogP contribution in [0.3, 0.4) is 0 Å². The lowest BCUT2D eigenvalue weighted by molar-refractivity contribution is 0.174. The van der Waals surface area contributed by atoms with Crippen molar-refractivity contribution in [2.75, 3.05) is 13.7 Å². The summed E-state index contributed by atoms with van der Waals surface area (Å²) in [5.41, 5.74) is 6.85. The molecule has 0 spiro atoms. The molecule has 0 amide bonds. The second kappa shape index (κ2) is 6.18. The summed E-state index contributed by atoms with van der Waals surface area (Å²) >= 11 is 5.95. The lowest BCUT2D eigenvalue weighted by atomic mass is 9.93. The maximum Gasteiger partial charge on any atom is 0.124 e. The van der Waals surface area contributed by atoms with E-state index in [-0.39, 0.29) is 17.8 Å². The van der Waals surface area contributed by atoms with Gasteiger partial charge in [0.15, 0.2) is 0 Å². The number of methoxy groups -OCH3 is 1. The van der Waals surface area contributed by atoms with E-state index in [2.05, 4.69) is 0 Å². The topological polar surface area (TPSA) is 35.2 Å². The van der Waals surface area contributed by atoms with Gasteiger partial charge >= 0.3 is 0 Å². The van der Waals surface area contributed by atoms with Gasteiger partial charge in [-0.2, -0.15) is 0 Å². The maximum absolute atomic E-state index is 12.9. The Morgan fingerprint density at radius 2 is 2.19 bits per heavy atom. The molecule has 0 aliphatic rings. The SMILES string of the molecule is COCCC(C)C(N)c1ccc(F)cc1Cl. The second-order valence-corrected chi connectivity index (χ2v) is 4.36. The number of halogens is 2. The molecule has 0 bridgehead atoms. The summed E-state index contributed by atoms with van der Waals surface area (Å²) in [6.45, 7) is 2.69. The van der Waals surface area contributed by atoms with E-state index in [4.69, 9.17) is 22.1 Å². The number of hydrogen-bond acceptors (Lipinski definition) is 2. The number of hydrogen-bond donors (Lipinski definition) is 1. The van der Waals surface area contributed by atoms with Crippen molar-refractivity contribution in [3.63, 3.8) is 0 Å². The zero-order valence-corrected chi connectivity index (χ0v) is 10.3. The van der Waals surface area contributed by atoms with Crippen LogP contribution in [-0.4, -0.2) is 13.7 Å². The van der Waals surface area contributed by atoms with Crippen molar-refractivity contribution in [1.82, 2.24) is 0 Å². The van der Waals surface area contributed by atoms with Gasteiger partial charge in [-0.15, -0.1) is 0 Å². The molecule has 0 saturated heterocycles. The molecule has 1 rings (SSSR count). The van der Waals surface area contributed by atoms with Crippen LogP contribution in [0.4, 0.5) is 4.39 Å². The summed E-state index contributed by atoms with van der Waals surface area (Å²) in [4.78, 5) is 0. The van der Waals surface area contributed by atoms with E-state index in [0.29, 0.717) is 11.6 Å². The summed E-state index contributed by atoms with van der Waals surface area (Å²) < 4.78 is 17.9. The van der Waals surface area contributed by atoms with Gasteiger partial charge in [-0.1, -0.05) is 24.6 Å². The lowest BCUT2D eigenvalue weighted by Gasteiger charge is -2.21. The Balaban J connectivity index is 2.75. The normalized spacial score (nSPS) is 14.8. The molecule has 90 valence electrons. The first kappa shape index (κ1) is 13.4. The highest BCUT2D eigenvalue weighted by molar-refractivity contribution is 6.31. The van der Waals surface area contributed by atoms with Gasteiger partial charge in [-0.05, 0) is 30.0 Å². The predicted octanol–water partition coefficient (Wildman–Crippen LogP) is 3.15. The molecule has 2 atom stereocenters. The predicted molar refractivity (Wildman–Crippen MR) is 64.0 cm³/mol. The van der Waals surface area contributed by atoms with Crippen LogP contribution in [0.15, 0.2) is 18.2 Å². The molecule has 0 radical (unpaired) electrons. The summed E-state index contributed by atoms with van der Waals surface area (Å²) in [6, 6.07) is 4.12. The van der Waals surface area contributed by atoms with Gasteiger partial charge in [0.1, 0.15) is 5.82 Å². The minimum Gasteiger partial charge on any atom is -0.385 e. The molecule has 1 aromatic carbocycles. The molecule has 0 aliphatic carbocycles.